The molecule has 0 fully saturated rings. The molecular formula is C8H6ClIN2. The summed E-state index contributed by atoms with van der Waals surface area (Å²) in [5.74, 6) is 0.937. The topological polar surface area (TPSA) is 17.8 Å². The zero-order valence-electron chi connectivity index (χ0n) is 6.38. The molecule has 12 heavy (non-hydrogen) atoms. The van der Waals surface area contributed by atoms with E-state index < -0.39 is 0 Å². The summed E-state index contributed by atoms with van der Waals surface area (Å²) >= 11 is 8.17. The van der Waals surface area contributed by atoms with Gasteiger partial charge in [-0.2, -0.15) is 0 Å². The molecule has 0 aromatic carbocycles. The fourth-order valence-corrected chi connectivity index (χ4v) is 1.89. The Balaban J connectivity index is 2.82. The van der Waals surface area contributed by atoms with Gasteiger partial charge in [-0.3, -0.25) is 0 Å². The summed E-state index contributed by atoms with van der Waals surface area (Å²) in [5.41, 5.74) is 1.02. The van der Waals surface area contributed by atoms with Crippen molar-refractivity contribution in [2.75, 3.05) is 0 Å². The first-order valence-corrected chi connectivity index (χ1v) is 4.91. The van der Waals surface area contributed by atoms with Gasteiger partial charge in [0, 0.05) is 18.8 Å². The standard InChI is InChI=1S/C8H6ClIN2/c1-12-3-2-6(9)5-4-7(10)11-8(5)12/h2-4H,1H3. The molecule has 2 rings (SSSR count). The fraction of sp³-hybridized carbons (Fsp3) is 0.125. The van der Waals surface area contributed by atoms with Crippen LogP contribution in [0.1, 0.15) is 0 Å². The molecular weight excluding hydrogens is 286 g/mol. The second kappa shape index (κ2) is 2.88. The minimum absolute atomic E-state index is 0.763. The van der Waals surface area contributed by atoms with E-state index in [9.17, 15) is 0 Å². The van der Waals surface area contributed by atoms with Crippen LogP contribution in [0.4, 0.5) is 0 Å². The first-order chi connectivity index (χ1) is 5.68. The van der Waals surface area contributed by atoms with E-state index in [1.54, 1.807) is 0 Å². The number of halogens is 2. The minimum Gasteiger partial charge on any atom is -0.335 e. The van der Waals surface area contributed by atoms with Gasteiger partial charge in [-0.15, -0.1) is 0 Å². The van der Waals surface area contributed by atoms with E-state index in [-0.39, 0.29) is 0 Å². The summed E-state index contributed by atoms with van der Waals surface area (Å²) in [6, 6.07) is 3.86. The van der Waals surface area contributed by atoms with Gasteiger partial charge < -0.3 is 4.57 Å². The van der Waals surface area contributed by atoms with Gasteiger partial charge in [-0.25, -0.2) is 4.98 Å². The highest BCUT2D eigenvalue weighted by Crippen LogP contribution is 2.29. The number of aromatic nitrogens is 2. The summed E-state index contributed by atoms with van der Waals surface area (Å²) in [6.45, 7) is 0. The number of rotatable bonds is 0. The summed E-state index contributed by atoms with van der Waals surface area (Å²) in [6.07, 6.45) is 1.91. The van der Waals surface area contributed by atoms with Gasteiger partial charge in [-0.1, -0.05) is 11.6 Å². The van der Waals surface area contributed by atoms with Gasteiger partial charge in [-0.05, 0) is 34.7 Å². The van der Waals surface area contributed by atoms with Crippen LogP contribution in [0.15, 0.2) is 18.3 Å². The van der Waals surface area contributed by atoms with Crippen LogP contribution in [0, 0.1) is 3.70 Å². The normalized spacial score (nSPS) is 10.9. The van der Waals surface area contributed by atoms with Crippen molar-refractivity contribution in [3.8, 4) is 11.4 Å². The Hall–Kier alpha value is -0.290. The lowest BCUT2D eigenvalue weighted by atomic mass is 10.2. The minimum atomic E-state index is 0.763. The van der Waals surface area contributed by atoms with Crippen molar-refractivity contribution < 1.29 is 0 Å². The Labute approximate surface area is 89.0 Å². The molecule has 2 aliphatic rings. The van der Waals surface area contributed by atoms with E-state index in [1.165, 1.54) is 0 Å². The monoisotopic (exact) mass is 292 g/mol. The van der Waals surface area contributed by atoms with Crippen molar-refractivity contribution in [2.24, 2.45) is 7.05 Å². The highest BCUT2D eigenvalue weighted by atomic mass is 127. The van der Waals surface area contributed by atoms with Crippen LogP contribution >= 0.6 is 34.2 Å². The third kappa shape index (κ3) is 1.21. The van der Waals surface area contributed by atoms with Crippen LogP contribution < -0.4 is 0 Å². The Morgan fingerprint density at radius 1 is 1.58 bits per heavy atom. The van der Waals surface area contributed by atoms with E-state index in [0.29, 0.717) is 0 Å². The molecule has 0 aliphatic carbocycles. The highest BCUT2D eigenvalue weighted by molar-refractivity contribution is 14.1. The van der Waals surface area contributed by atoms with Crippen LogP contribution in [0.2, 0.25) is 5.02 Å². The molecule has 0 bridgehead atoms. The van der Waals surface area contributed by atoms with Crippen molar-refractivity contribution in [1.29, 1.82) is 0 Å². The molecule has 4 heteroatoms. The molecule has 0 saturated carbocycles. The van der Waals surface area contributed by atoms with Gasteiger partial charge in [0.15, 0.2) is 0 Å². The summed E-state index contributed by atoms with van der Waals surface area (Å²) < 4.78 is 2.94. The first-order valence-electron chi connectivity index (χ1n) is 3.45. The maximum Gasteiger partial charge on any atom is 0.142 e. The Kier molecular flexibility index (Phi) is 2.00. The molecule has 0 unspecified atom stereocenters. The molecule has 2 heterocycles. The molecule has 62 valence electrons. The van der Waals surface area contributed by atoms with Crippen molar-refractivity contribution in [2.45, 2.75) is 0 Å². The molecule has 0 amide bonds. The first kappa shape index (κ1) is 8.31. The van der Waals surface area contributed by atoms with Crippen molar-refractivity contribution >= 4 is 34.2 Å². The van der Waals surface area contributed by atoms with E-state index in [0.717, 1.165) is 20.1 Å². The number of pyridine rings is 1. The second-order valence-electron chi connectivity index (χ2n) is 2.59. The molecule has 2 nitrogen and oxygen atoms in total. The molecule has 0 aromatic heterocycles. The Morgan fingerprint density at radius 3 is 3.00 bits per heavy atom. The Bertz CT molecular complexity index is 361. The van der Waals surface area contributed by atoms with Gasteiger partial charge >= 0.3 is 0 Å². The van der Waals surface area contributed by atoms with Crippen molar-refractivity contribution in [1.82, 2.24) is 9.55 Å². The van der Waals surface area contributed by atoms with E-state index >= 15 is 0 Å². The summed E-state index contributed by atoms with van der Waals surface area (Å²) in [5, 5.41) is 0.763. The van der Waals surface area contributed by atoms with Crippen molar-refractivity contribution in [3.05, 3.63) is 27.1 Å². The second-order valence-corrected chi connectivity index (χ2v) is 4.10. The highest BCUT2D eigenvalue weighted by Gasteiger charge is 2.12. The van der Waals surface area contributed by atoms with Crippen LogP contribution in [-0.2, 0) is 7.05 Å². The van der Waals surface area contributed by atoms with E-state index in [4.69, 9.17) is 11.6 Å². The molecule has 0 N–H and O–H groups in total. The SMILES string of the molecule is Cn1ccc(Cl)c2cc(I)nc1-2. The lowest BCUT2D eigenvalue weighted by Gasteiger charge is -2.05. The van der Waals surface area contributed by atoms with Gasteiger partial charge in [0.25, 0.3) is 0 Å². The van der Waals surface area contributed by atoms with E-state index in [2.05, 4.69) is 27.6 Å². The number of nitrogens with zero attached hydrogens (tertiary/aromatic N) is 2. The summed E-state index contributed by atoms with van der Waals surface area (Å²) in [4.78, 5) is 4.34. The van der Waals surface area contributed by atoms with Crippen LogP contribution in [0.25, 0.3) is 11.4 Å². The van der Waals surface area contributed by atoms with Gasteiger partial charge in [0.2, 0.25) is 0 Å². The quantitative estimate of drug-likeness (QED) is 0.683. The van der Waals surface area contributed by atoms with E-state index in [1.807, 2.05) is 29.9 Å². The maximum atomic E-state index is 5.99. The largest absolute Gasteiger partial charge is 0.335 e. The zero-order chi connectivity index (χ0) is 8.72. The molecule has 2 aliphatic heterocycles. The van der Waals surface area contributed by atoms with Crippen LogP contribution in [-0.4, -0.2) is 9.55 Å². The third-order valence-corrected chi connectivity index (χ3v) is 2.64. The van der Waals surface area contributed by atoms with Crippen molar-refractivity contribution in [3.63, 3.8) is 0 Å². The molecule has 0 atom stereocenters. The molecule has 0 spiro atoms. The smallest absolute Gasteiger partial charge is 0.142 e. The predicted molar refractivity (Wildman–Crippen MR) is 57.6 cm³/mol. The lowest BCUT2D eigenvalue weighted by Crippen LogP contribution is -1.96. The average molecular weight is 293 g/mol. The van der Waals surface area contributed by atoms with Crippen LogP contribution in [0.3, 0.4) is 0 Å². The van der Waals surface area contributed by atoms with Gasteiger partial charge in [0.05, 0.1) is 5.02 Å². The summed E-state index contributed by atoms with van der Waals surface area (Å²) in [7, 11) is 1.96. The molecule has 0 saturated heterocycles. The lowest BCUT2D eigenvalue weighted by molar-refractivity contribution is 0.889. The zero-order valence-corrected chi connectivity index (χ0v) is 9.30. The molecule has 0 radical (unpaired) electrons. The number of aryl methyl sites for hydroxylation is 1. The average Bonchev–Trinajstić information content (AvgIpc) is 2.41. The molecule has 0 aromatic rings. The fourth-order valence-electron chi connectivity index (χ4n) is 1.16. The third-order valence-electron chi connectivity index (χ3n) is 1.75. The van der Waals surface area contributed by atoms with Gasteiger partial charge in [0.1, 0.15) is 9.53 Å². The Morgan fingerprint density at radius 2 is 2.33 bits per heavy atom. The number of hydrogen-bond donors (Lipinski definition) is 0. The number of hydrogen-bond acceptors (Lipinski definition) is 1. The maximum absolute atomic E-state index is 5.99. The number of fused-ring (bicyclic) bond motifs is 1. The van der Waals surface area contributed by atoms with Crippen LogP contribution in [0.5, 0.6) is 0 Å². The predicted octanol–water partition coefficient (Wildman–Crippen LogP) is 2.78.